The summed E-state index contributed by atoms with van der Waals surface area (Å²) >= 11 is 0. The Labute approximate surface area is 173 Å². The Morgan fingerprint density at radius 1 is 1.27 bits per heavy atom. The molecule has 10 nitrogen and oxygen atoms in total. The predicted octanol–water partition coefficient (Wildman–Crippen LogP) is 2.83. The maximum absolute atomic E-state index is 6.18. The van der Waals surface area contributed by atoms with Crippen LogP contribution in [0.4, 0.5) is 11.6 Å². The first-order chi connectivity index (χ1) is 14.5. The SMILES string of the molecule is Cc1c(-c2ncco2)nc(N)n2nc([C@@H]3CCCN(c4cnn(C(C)C)c4)C3)nc12. The molecular formula is C20H25N9O. The summed E-state index contributed by atoms with van der Waals surface area (Å²) < 4.78 is 9.01. The Bertz CT molecular complexity index is 1170. The van der Waals surface area contributed by atoms with Crippen molar-refractivity contribution in [2.45, 2.75) is 45.6 Å². The molecule has 1 aliphatic rings. The van der Waals surface area contributed by atoms with E-state index in [0.29, 0.717) is 23.3 Å². The van der Waals surface area contributed by atoms with E-state index >= 15 is 0 Å². The molecule has 0 saturated carbocycles. The van der Waals surface area contributed by atoms with Gasteiger partial charge in [-0.05, 0) is 33.6 Å². The van der Waals surface area contributed by atoms with Gasteiger partial charge in [0.05, 0.1) is 18.1 Å². The van der Waals surface area contributed by atoms with Gasteiger partial charge in [0.2, 0.25) is 11.8 Å². The molecule has 0 amide bonds. The summed E-state index contributed by atoms with van der Waals surface area (Å²) in [7, 11) is 0. The fourth-order valence-electron chi connectivity index (χ4n) is 4.00. The molecule has 1 aliphatic heterocycles. The number of anilines is 2. The van der Waals surface area contributed by atoms with E-state index in [-0.39, 0.29) is 11.9 Å². The molecular weight excluding hydrogens is 382 g/mol. The Morgan fingerprint density at radius 2 is 2.13 bits per heavy atom. The number of hydrogen-bond acceptors (Lipinski definition) is 8. The Morgan fingerprint density at radius 3 is 2.87 bits per heavy atom. The minimum atomic E-state index is 0.213. The van der Waals surface area contributed by atoms with Crippen LogP contribution in [0.25, 0.3) is 17.2 Å². The second kappa shape index (κ2) is 7.12. The van der Waals surface area contributed by atoms with Crippen LogP contribution < -0.4 is 10.6 Å². The maximum Gasteiger partial charge on any atom is 0.245 e. The zero-order valence-electron chi connectivity index (χ0n) is 17.4. The quantitative estimate of drug-likeness (QED) is 0.549. The number of oxazole rings is 1. The summed E-state index contributed by atoms with van der Waals surface area (Å²) in [5.74, 6) is 1.70. The molecule has 0 unspecified atom stereocenters. The smallest absolute Gasteiger partial charge is 0.245 e. The lowest BCUT2D eigenvalue weighted by molar-refractivity contribution is 0.490. The molecule has 0 radical (unpaired) electrons. The van der Waals surface area contributed by atoms with E-state index in [1.54, 1.807) is 10.7 Å². The van der Waals surface area contributed by atoms with Gasteiger partial charge < -0.3 is 15.1 Å². The van der Waals surface area contributed by atoms with Gasteiger partial charge in [0.15, 0.2) is 11.5 Å². The lowest BCUT2D eigenvalue weighted by Crippen LogP contribution is -2.34. The fourth-order valence-corrected chi connectivity index (χ4v) is 4.00. The summed E-state index contributed by atoms with van der Waals surface area (Å²) in [6.45, 7) is 8.05. The van der Waals surface area contributed by atoms with Crippen LogP contribution in [0.5, 0.6) is 0 Å². The number of hydrogen-bond donors (Lipinski definition) is 1. The topological polar surface area (TPSA) is 116 Å². The van der Waals surface area contributed by atoms with Crippen molar-refractivity contribution in [3.8, 4) is 11.6 Å². The molecule has 1 atom stereocenters. The monoisotopic (exact) mass is 407 g/mol. The number of rotatable bonds is 4. The van der Waals surface area contributed by atoms with Crippen molar-refractivity contribution in [3.05, 3.63) is 36.2 Å². The molecule has 0 aliphatic carbocycles. The Hall–Kier alpha value is -3.43. The average molecular weight is 407 g/mol. The van der Waals surface area contributed by atoms with Gasteiger partial charge in [0, 0.05) is 36.8 Å². The van der Waals surface area contributed by atoms with Crippen LogP contribution in [-0.4, -0.2) is 47.4 Å². The standard InChI is InChI=1S/C20H25N9O/c1-12(2)28-11-15(9-23-28)27-7-4-5-14(10-27)17-25-18-13(3)16(19-22-6-8-30-19)24-20(21)29(18)26-17/h6,8-9,11-12,14H,4-5,7,10H2,1-3H3,(H2,21,24)/t14-/m1/s1. The second-order valence-corrected chi connectivity index (χ2v) is 8.04. The predicted molar refractivity (Wildman–Crippen MR) is 112 cm³/mol. The number of nitrogen functional groups attached to an aromatic ring is 1. The summed E-state index contributed by atoms with van der Waals surface area (Å²) in [5.41, 5.74) is 9.45. The number of fused-ring (bicyclic) bond motifs is 1. The van der Waals surface area contributed by atoms with Crippen molar-refractivity contribution in [2.75, 3.05) is 23.7 Å². The molecule has 1 fully saturated rings. The van der Waals surface area contributed by atoms with Crippen LogP contribution in [0.2, 0.25) is 0 Å². The first-order valence-electron chi connectivity index (χ1n) is 10.2. The summed E-state index contributed by atoms with van der Waals surface area (Å²) in [4.78, 5) is 15.8. The van der Waals surface area contributed by atoms with Gasteiger partial charge in [-0.15, -0.1) is 5.10 Å². The molecule has 156 valence electrons. The van der Waals surface area contributed by atoms with Crippen molar-refractivity contribution in [1.29, 1.82) is 0 Å². The van der Waals surface area contributed by atoms with E-state index < -0.39 is 0 Å². The zero-order valence-corrected chi connectivity index (χ0v) is 17.4. The molecule has 2 N–H and O–H groups in total. The van der Waals surface area contributed by atoms with Crippen molar-refractivity contribution in [1.82, 2.24) is 34.3 Å². The third-order valence-corrected chi connectivity index (χ3v) is 5.66. The van der Waals surface area contributed by atoms with Crippen molar-refractivity contribution in [2.24, 2.45) is 0 Å². The minimum absolute atomic E-state index is 0.213. The molecule has 10 heteroatoms. The summed E-state index contributed by atoms with van der Waals surface area (Å²) in [6.07, 6.45) is 9.26. The maximum atomic E-state index is 6.18. The molecule has 0 spiro atoms. The highest BCUT2D eigenvalue weighted by atomic mass is 16.3. The molecule has 5 rings (SSSR count). The highest BCUT2D eigenvalue weighted by Crippen LogP contribution is 2.30. The van der Waals surface area contributed by atoms with E-state index in [1.165, 1.54) is 6.26 Å². The van der Waals surface area contributed by atoms with E-state index in [2.05, 4.69) is 40.0 Å². The fraction of sp³-hybridized carbons (Fsp3) is 0.450. The van der Waals surface area contributed by atoms with Crippen LogP contribution in [-0.2, 0) is 0 Å². The van der Waals surface area contributed by atoms with Crippen molar-refractivity contribution >= 4 is 17.3 Å². The van der Waals surface area contributed by atoms with Gasteiger partial charge in [-0.2, -0.15) is 9.61 Å². The van der Waals surface area contributed by atoms with Crippen molar-refractivity contribution in [3.63, 3.8) is 0 Å². The number of piperidine rings is 1. The largest absolute Gasteiger partial charge is 0.443 e. The van der Waals surface area contributed by atoms with Crippen LogP contribution in [0.15, 0.2) is 29.3 Å². The molecule has 4 aromatic heterocycles. The number of aryl methyl sites for hydroxylation is 1. The van der Waals surface area contributed by atoms with Crippen LogP contribution in [0.3, 0.4) is 0 Å². The summed E-state index contributed by atoms with van der Waals surface area (Å²) in [6, 6.07) is 0.343. The average Bonchev–Trinajstić information content (AvgIpc) is 3.51. The molecule has 4 aromatic rings. The van der Waals surface area contributed by atoms with E-state index in [4.69, 9.17) is 20.2 Å². The Kier molecular flexibility index (Phi) is 4.41. The number of aromatic nitrogens is 7. The van der Waals surface area contributed by atoms with Gasteiger partial charge in [0.25, 0.3) is 0 Å². The van der Waals surface area contributed by atoms with Crippen LogP contribution in [0, 0.1) is 6.92 Å². The third kappa shape index (κ3) is 3.08. The first kappa shape index (κ1) is 18.6. The minimum Gasteiger partial charge on any atom is -0.443 e. The van der Waals surface area contributed by atoms with Gasteiger partial charge in [0.1, 0.15) is 12.0 Å². The van der Waals surface area contributed by atoms with Gasteiger partial charge >= 0.3 is 0 Å². The number of nitrogens with two attached hydrogens (primary N) is 1. The zero-order chi connectivity index (χ0) is 20.8. The summed E-state index contributed by atoms with van der Waals surface area (Å²) in [5, 5.41) is 9.18. The van der Waals surface area contributed by atoms with Crippen molar-refractivity contribution < 1.29 is 4.42 Å². The lowest BCUT2D eigenvalue weighted by atomic mass is 9.97. The first-order valence-corrected chi connectivity index (χ1v) is 10.2. The molecule has 0 bridgehead atoms. The van der Waals surface area contributed by atoms with Crippen LogP contribution in [0.1, 0.15) is 50.0 Å². The van der Waals surface area contributed by atoms with E-state index in [1.807, 2.05) is 17.8 Å². The molecule has 5 heterocycles. The number of nitrogens with zero attached hydrogens (tertiary/aromatic N) is 8. The van der Waals surface area contributed by atoms with Crippen LogP contribution >= 0.6 is 0 Å². The highest BCUT2D eigenvalue weighted by Gasteiger charge is 2.27. The van der Waals surface area contributed by atoms with E-state index in [0.717, 1.165) is 43.0 Å². The van der Waals surface area contributed by atoms with E-state index in [9.17, 15) is 0 Å². The van der Waals surface area contributed by atoms with Gasteiger partial charge in [-0.3, -0.25) is 4.68 Å². The second-order valence-electron chi connectivity index (χ2n) is 8.04. The Balaban J connectivity index is 1.47. The lowest BCUT2D eigenvalue weighted by Gasteiger charge is -2.32. The molecule has 1 saturated heterocycles. The van der Waals surface area contributed by atoms with Gasteiger partial charge in [-0.1, -0.05) is 0 Å². The normalized spacial score (nSPS) is 17.3. The van der Waals surface area contributed by atoms with Gasteiger partial charge in [-0.25, -0.2) is 15.0 Å². The molecule has 30 heavy (non-hydrogen) atoms. The third-order valence-electron chi connectivity index (χ3n) is 5.66. The molecule has 0 aromatic carbocycles. The highest BCUT2D eigenvalue weighted by molar-refractivity contribution is 5.65.